The topological polar surface area (TPSA) is 61.9 Å². The molecule has 2 aliphatic heterocycles. The number of nitrogens with one attached hydrogen (secondary N) is 1. The molecule has 1 aromatic heterocycles. The van der Waals surface area contributed by atoms with Crippen LogP contribution in [-0.4, -0.2) is 78.7 Å². The number of thiophene rings is 1. The first-order chi connectivity index (χ1) is 12.0. The molecule has 1 unspecified atom stereocenters. The fourth-order valence-corrected chi connectivity index (χ4v) is 5.36. The molecule has 0 radical (unpaired) electrons. The summed E-state index contributed by atoms with van der Waals surface area (Å²) in [5, 5.41) is 3.01. The van der Waals surface area contributed by atoms with Crippen molar-refractivity contribution in [2.75, 3.05) is 51.3 Å². The number of hydrogen-bond donors (Lipinski definition) is 1. The van der Waals surface area contributed by atoms with Crippen molar-refractivity contribution in [1.82, 2.24) is 15.1 Å². The highest BCUT2D eigenvalue weighted by Gasteiger charge is 2.35. The third-order valence-electron chi connectivity index (χ3n) is 4.87. The third kappa shape index (κ3) is 4.30. The Morgan fingerprint density at radius 1 is 1.24 bits per heavy atom. The van der Waals surface area contributed by atoms with Crippen LogP contribution in [0.2, 0.25) is 0 Å². The van der Waals surface area contributed by atoms with Crippen molar-refractivity contribution in [3.8, 4) is 0 Å². The number of rotatable bonds is 4. The van der Waals surface area contributed by atoms with Crippen LogP contribution in [-0.2, 0) is 4.74 Å². The molecule has 1 aromatic rings. The Morgan fingerprint density at radius 3 is 2.52 bits per heavy atom. The fourth-order valence-electron chi connectivity index (χ4n) is 3.13. The summed E-state index contributed by atoms with van der Waals surface area (Å²) in [6.45, 7) is 4.83. The zero-order valence-corrected chi connectivity index (χ0v) is 16.4. The van der Waals surface area contributed by atoms with Gasteiger partial charge in [-0.15, -0.1) is 11.3 Å². The van der Waals surface area contributed by atoms with Gasteiger partial charge in [0.05, 0.1) is 10.5 Å². The first-order valence-electron chi connectivity index (χ1n) is 8.54. The summed E-state index contributed by atoms with van der Waals surface area (Å²) < 4.78 is 5.63. The van der Waals surface area contributed by atoms with Gasteiger partial charge in [-0.1, -0.05) is 0 Å². The number of hydrogen-bond acceptors (Lipinski definition) is 5. The molecular weight excluding hydrogens is 358 g/mol. The van der Waals surface area contributed by atoms with Gasteiger partial charge in [0.25, 0.3) is 5.91 Å². The molecule has 0 bridgehead atoms. The van der Waals surface area contributed by atoms with Crippen molar-refractivity contribution in [2.45, 2.75) is 18.9 Å². The molecule has 0 aliphatic carbocycles. The van der Waals surface area contributed by atoms with E-state index < -0.39 is 0 Å². The van der Waals surface area contributed by atoms with Gasteiger partial charge in [0.1, 0.15) is 0 Å². The molecule has 6 nitrogen and oxygen atoms in total. The molecule has 3 amide bonds. The van der Waals surface area contributed by atoms with E-state index in [-0.39, 0.29) is 17.5 Å². The summed E-state index contributed by atoms with van der Waals surface area (Å²) in [5.74, 6) is 2.07. The fraction of sp³-hybridized carbons (Fsp3) is 0.647. The van der Waals surface area contributed by atoms with E-state index in [0.29, 0.717) is 32.7 Å². The standard InChI is InChI=1S/C17H25N3O3S2/c1-13-3-4-14(25-13)15(21)19-6-8-20(9-7-19)16(22)18-11-17(23-2)5-10-24-12-17/h3-4H,5-12H2,1-2H3,(H,18,22). The second kappa shape index (κ2) is 7.97. The van der Waals surface area contributed by atoms with Gasteiger partial charge in [-0.05, 0) is 31.2 Å². The van der Waals surface area contributed by atoms with Gasteiger partial charge in [-0.3, -0.25) is 4.79 Å². The SMILES string of the molecule is COC1(CNC(=O)N2CCN(C(=O)c3ccc(C)s3)CC2)CCSC1. The van der Waals surface area contributed by atoms with E-state index in [1.54, 1.807) is 12.0 Å². The van der Waals surface area contributed by atoms with Crippen molar-refractivity contribution >= 4 is 35.0 Å². The lowest BCUT2D eigenvalue weighted by Gasteiger charge is -2.35. The van der Waals surface area contributed by atoms with E-state index >= 15 is 0 Å². The number of piperazine rings is 1. The summed E-state index contributed by atoms with van der Waals surface area (Å²) in [4.78, 5) is 30.4. The van der Waals surface area contributed by atoms with Gasteiger partial charge in [0.2, 0.25) is 0 Å². The van der Waals surface area contributed by atoms with E-state index in [1.807, 2.05) is 35.7 Å². The minimum absolute atomic E-state index is 0.0626. The van der Waals surface area contributed by atoms with Crippen LogP contribution >= 0.6 is 23.1 Å². The number of amides is 3. The molecule has 2 aliphatic rings. The van der Waals surface area contributed by atoms with E-state index in [0.717, 1.165) is 27.7 Å². The van der Waals surface area contributed by atoms with Crippen LogP contribution in [0.5, 0.6) is 0 Å². The van der Waals surface area contributed by atoms with Gasteiger partial charge >= 0.3 is 6.03 Å². The van der Waals surface area contributed by atoms with Gasteiger partial charge < -0.3 is 19.9 Å². The Bertz CT molecular complexity index is 620. The molecule has 2 fully saturated rings. The molecule has 3 heterocycles. The predicted molar refractivity (Wildman–Crippen MR) is 102 cm³/mol. The second-order valence-corrected chi connectivity index (χ2v) is 8.93. The number of nitrogens with zero attached hydrogens (tertiary/aromatic N) is 2. The van der Waals surface area contributed by atoms with Crippen LogP contribution in [0.25, 0.3) is 0 Å². The Kier molecular flexibility index (Phi) is 5.91. The van der Waals surface area contributed by atoms with Gasteiger partial charge in [0, 0.05) is 50.5 Å². The summed E-state index contributed by atoms with van der Waals surface area (Å²) in [6, 6.07) is 3.78. The molecule has 1 N–H and O–H groups in total. The molecule has 2 saturated heterocycles. The Morgan fingerprint density at radius 2 is 1.96 bits per heavy atom. The Labute approximate surface area is 156 Å². The maximum Gasteiger partial charge on any atom is 0.317 e. The van der Waals surface area contributed by atoms with E-state index in [1.165, 1.54) is 11.3 Å². The number of thioether (sulfide) groups is 1. The zero-order chi connectivity index (χ0) is 17.9. The number of aryl methyl sites for hydroxylation is 1. The molecule has 138 valence electrons. The zero-order valence-electron chi connectivity index (χ0n) is 14.7. The highest BCUT2D eigenvalue weighted by Crippen LogP contribution is 2.30. The van der Waals surface area contributed by atoms with E-state index in [9.17, 15) is 9.59 Å². The molecule has 1 atom stereocenters. The van der Waals surface area contributed by atoms with Crippen molar-refractivity contribution in [3.63, 3.8) is 0 Å². The molecule has 8 heteroatoms. The van der Waals surface area contributed by atoms with Gasteiger partial charge in [-0.25, -0.2) is 4.79 Å². The lowest BCUT2D eigenvalue weighted by atomic mass is 10.0. The summed E-state index contributed by atoms with van der Waals surface area (Å²) in [5.41, 5.74) is -0.227. The first-order valence-corrected chi connectivity index (χ1v) is 10.5. The number of urea groups is 1. The summed E-state index contributed by atoms with van der Waals surface area (Å²) in [7, 11) is 1.72. The smallest absolute Gasteiger partial charge is 0.317 e. The lowest BCUT2D eigenvalue weighted by Crippen LogP contribution is -2.55. The van der Waals surface area contributed by atoms with Crippen LogP contribution < -0.4 is 5.32 Å². The minimum Gasteiger partial charge on any atom is -0.376 e. The highest BCUT2D eigenvalue weighted by atomic mass is 32.2. The van der Waals surface area contributed by atoms with Crippen LogP contribution in [0.1, 0.15) is 21.0 Å². The average molecular weight is 384 g/mol. The lowest BCUT2D eigenvalue weighted by molar-refractivity contribution is 0.0143. The Balaban J connectivity index is 1.47. The maximum atomic E-state index is 12.5. The number of methoxy groups -OCH3 is 1. The van der Waals surface area contributed by atoms with Gasteiger partial charge in [0.15, 0.2) is 0 Å². The van der Waals surface area contributed by atoms with Crippen LogP contribution in [0.4, 0.5) is 4.79 Å². The van der Waals surface area contributed by atoms with Crippen LogP contribution in [0.3, 0.4) is 0 Å². The predicted octanol–water partition coefficient (Wildman–Crippen LogP) is 2.05. The minimum atomic E-state index is -0.227. The summed E-state index contributed by atoms with van der Waals surface area (Å²) >= 11 is 3.38. The monoisotopic (exact) mass is 383 g/mol. The van der Waals surface area contributed by atoms with Crippen molar-refractivity contribution in [2.24, 2.45) is 0 Å². The van der Waals surface area contributed by atoms with Crippen molar-refractivity contribution < 1.29 is 14.3 Å². The second-order valence-electron chi connectivity index (χ2n) is 6.54. The largest absolute Gasteiger partial charge is 0.376 e. The molecule has 3 rings (SSSR count). The first kappa shape index (κ1) is 18.5. The van der Waals surface area contributed by atoms with Crippen LogP contribution in [0, 0.1) is 6.92 Å². The molecule has 0 aromatic carbocycles. The highest BCUT2D eigenvalue weighted by molar-refractivity contribution is 7.99. The average Bonchev–Trinajstić information content (AvgIpc) is 3.29. The Hall–Kier alpha value is -1.25. The number of carbonyl (C=O) groups excluding carboxylic acids is 2. The normalized spacial score (nSPS) is 23.8. The molecule has 0 spiro atoms. The van der Waals surface area contributed by atoms with Gasteiger partial charge in [-0.2, -0.15) is 11.8 Å². The quantitative estimate of drug-likeness (QED) is 0.864. The maximum absolute atomic E-state index is 12.5. The number of carbonyl (C=O) groups is 2. The van der Waals surface area contributed by atoms with E-state index in [4.69, 9.17) is 4.74 Å². The van der Waals surface area contributed by atoms with Crippen molar-refractivity contribution in [3.05, 3.63) is 21.9 Å². The third-order valence-corrected chi connectivity index (χ3v) is 7.08. The molecule has 25 heavy (non-hydrogen) atoms. The van der Waals surface area contributed by atoms with Crippen molar-refractivity contribution in [1.29, 1.82) is 0 Å². The molecule has 0 saturated carbocycles. The van der Waals surface area contributed by atoms with E-state index in [2.05, 4.69) is 5.32 Å². The summed E-state index contributed by atoms with van der Waals surface area (Å²) in [6.07, 6.45) is 0.969. The molecular formula is C17H25N3O3S2. The number of ether oxygens (including phenoxy) is 1. The van der Waals surface area contributed by atoms with Crippen LogP contribution in [0.15, 0.2) is 12.1 Å².